The van der Waals surface area contributed by atoms with Gasteiger partial charge in [0, 0.05) is 25.2 Å². The Balaban J connectivity index is 1.39. The van der Waals surface area contributed by atoms with Gasteiger partial charge in [-0.25, -0.2) is 8.42 Å². The maximum atomic E-state index is 13.3. The van der Waals surface area contributed by atoms with Gasteiger partial charge in [0.2, 0.25) is 10.0 Å². The van der Waals surface area contributed by atoms with Gasteiger partial charge in [0.25, 0.3) is 0 Å². The van der Waals surface area contributed by atoms with Crippen LogP contribution in [0, 0.1) is 5.92 Å². The van der Waals surface area contributed by atoms with Crippen LogP contribution < -0.4 is 4.74 Å². The molecule has 31 heavy (non-hydrogen) atoms. The summed E-state index contributed by atoms with van der Waals surface area (Å²) in [5.74, 6) is 1.39. The van der Waals surface area contributed by atoms with Gasteiger partial charge >= 0.3 is 0 Å². The molecule has 1 heterocycles. The first-order valence-corrected chi connectivity index (χ1v) is 12.9. The second-order valence-corrected chi connectivity index (χ2v) is 11.1. The third-order valence-corrected chi connectivity index (χ3v) is 8.86. The van der Waals surface area contributed by atoms with Crippen molar-refractivity contribution in [3.8, 4) is 5.75 Å². The van der Waals surface area contributed by atoms with E-state index in [0.29, 0.717) is 23.3 Å². The van der Waals surface area contributed by atoms with Gasteiger partial charge in [0.1, 0.15) is 12.4 Å². The lowest BCUT2D eigenvalue weighted by Crippen LogP contribution is -2.41. The molecule has 1 aliphatic carbocycles. The summed E-state index contributed by atoms with van der Waals surface area (Å²) in [6.45, 7) is 5.04. The van der Waals surface area contributed by atoms with E-state index in [4.69, 9.17) is 4.74 Å². The van der Waals surface area contributed by atoms with E-state index < -0.39 is 10.0 Å². The second-order valence-electron chi connectivity index (χ2n) is 9.11. The molecule has 2 aliphatic rings. The molecule has 0 aromatic heterocycles. The van der Waals surface area contributed by atoms with Gasteiger partial charge in [-0.1, -0.05) is 43.3 Å². The molecule has 1 aliphatic heterocycles. The molecule has 0 bridgehead atoms. The monoisotopic (exact) mass is 442 g/mol. The minimum absolute atomic E-state index is 0.0586. The highest BCUT2D eigenvalue weighted by atomic mass is 32.2. The number of hydrogen-bond donors (Lipinski definition) is 0. The molecule has 1 saturated carbocycles. The van der Waals surface area contributed by atoms with Crippen molar-refractivity contribution in [3.63, 3.8) is 0 Å². The fourth-order valence-electron chi connectivity index (χ4n) is 4.82. The van der Waals surface area contributed by atoms with Crippen molar-refractivity contribution in [2.24, 2.45) is 5.92 Å². The van der Waals surface area contributed by atoms with E-state index >= 15 is 0 Å². The molecule has 0 radical (unpaired) electrons. The number of nitrogens with zero attached hydrogens (tertiary/aromatic N) is 2. The minimum Gasteiger partial charge on any atom is -0.489 e. The summed E-state index contributed by atoms with van der Waals surface area (Å²) in [4.78, 5) is 2.88. The molecule has 0 N–H and O–H groups in total. The zero-order chi connectivity index (χ0) is 21.8. The normalized spacial score (nSPS) is 23.3. The van der Waals surface area contributed by atoms with Crippen molar-refractivity contribution in [2.75, 3.05) is 20.1 Å². The average Bonchev–Trinajstić information content (AvgIpc) is 3.28. The summed E-state index contributed by atoms with van der Waals surface area (Å²) in [6.07, 6.45) is 5.44. The lowest BCUT2D eigenvalue weighted by Gasteiger charge is -2.35. The number of rotatable bonds is 7. The lowest BCUT2D eigenvalue weighted by atomic mass is 9.97. The highest BCUT2D eigenvalue weighted by molar-refractivity contribution is 7.89. The largest absolute Gasteiger partial charge is 0.489 e. The van der Waals surface area contributed by atoms with Gasteiger partial charge in [-0.2, -0.15) is 4.31 Å². The van der Waals surface area contributed by atoms with Crippen molar-refractivity contribution >= 4 is 10.0 Å². The molecule has 0 spiro atoms. The summed E-state index contributed by atoms with van der Waals surface area (Å²) < 4.78 is 34.1. The number of benzene rings is 2. The fourth-order valence-corrected chi connectivity index (χ4v) is 6.25. The highest BCUT2D eigenvalue weighted by Gasteiger charge is 2.37. The SMILES string of the molecule is CC1CCN([C@H]2CC[C@@H](N(C)S(=O)(=O)c3cccc(OCc4ccccc4)c3)C2)CC1. The van der Waals surface area contributed by atoms with E-state index in [1.807, 2.05) is 36.4 Å². The molecule has 4 rings (SSSR count). The number of likely N-dealkylation sites (tertiary alicyclic amines) is 1. The molecular weight excluding hydrogens is 408 g/mol. The molecule has 0 amide bonds. The van der Waals surface area contributed by atoms with Crippen LogP contribution in [0.15, 0.2) is 59.5 Å². The average molecular weight is 443 g/mol. The van der Waals surface area contributed by atoms with Crippen molar-refractivity contribution in [2.45, 2.75) is 62.6 Å². The van der Waals surface area contributed by atoms with Gasteiger partial charge in [-0.3, -0.25) is 0 Å². The third kappa shape index (κ3) is 5.30. The van der Waals surface area contributed by atoms with Crippen LogP contribution >= 0.6 is 0 Å². The van der Waals surface area contributed by atoms with Crippen molar-refractivity contribution < 1.29 is 13.2 Å². The highest BCUT2D eigenvalue weighted by Crippen LogP contribution is 2.33. The third-order valence-electron chi connectivity index (χ3n) is 6.96. The summed E-state index contributed by atoms with van der Waals surface area (Å²) in [5.41, 5.74) is 1.05. The van der Waals surface area contributed by atoms with E-state index in [-0.39, 0.29) is 6.04 Å². The molecule has 1 saturated heterocycles. The molecular formula is C25H34N2O3S. The summed E-state index contributed by atoms with van der Waals surface area (Å²) >= 11 is 0. The Hall–Kier alpha value is -1.89. The smallest absolute Gasteiger partial charge is 0.243 e. The number of piperidine rings is 1. The zero-order valence-electron chi connectivity index (χ0n) is 18.6. The van der Waals surface area contributed by atoms with Gasteiger partial charge in [-0.15, -0.1) is 0 Å². The van der Waals surface area contributed by atoms with Gasteiger partial charge in [0.05, 0.1) is 4.90 Å². The number of hydrogen-bond acceptors (Lipinski definition) is 4. The van der Waals surface area contributed by atoms with Crippen molar-refractivity contribution in [1.29, 1.82) is 0 Å². The zero-order valence-corrected chi connectivity index (χ0v) is 19.4. The topological polar surface area (TPSA) is 49.9 Å². The van der Waals surface area contributed by atoms with E-state index in [2.05, 4.69) is 11.8 Å². The first kappa shape index (κ1) is 22.3. The van der Waals surface area contributed by atoms with Crippen LogP contribution in [0.3, 0.4) is 0 Å². The van der Waals surface area contributed by atoms with Gasteiger partial charge in [0.15, 0.2) is 0 Å². The van der Waals surface area contributed by atoms with Crippen LogP contribution in [0.25, 0.3) is 0 Å². The molecule has 0 unspecified atom stereocenters. The maximum absolute atomic E-state index is 13.3. The quantitative estimate of drug-likeness (QED) is 0.632. The summed E-state index contributed by atoms with van der Waals surface area (Å²) in [5, 5.41) is 0. The van der Waals surface area contributed by atoms with Crippen molar-refractivity contribution in [3.05, 3.63) is 60.2 Å². The summed E-state index contributed by atoms with van der Waals surface area (Å²) in [7, 11) is -1.82. The first-order valence-electron chi connectivity index (χ1n) is 11.4. The Kier molecular flexibility index (Phi) is 6.99. The molecule has 6 heteroatoms. The maximum Gasteiger partial charge on any atom is 0.243 e. The van der Waals surface area contributed by atoms with Crippen LogP contribution in [0.4, 0.5) is 0 Å². The minimum atomic E-state index is -3.56. The van der Waals surface area contributed by atoms with Crippen LogP contribution in [0.5, 0.6) is 5.75 Å². The molecule has 2 aromatic rings. The lowest BCUT2D eigenvalue weighted by molar-refractivity contribution is 0.136. The van der Waals surface area contributed by atoms with Crippen LogP contribution in [-0.4, -0.2) is 49.8 Å². The Morgan fingerprint density at radius 3 is 2.48 bits per heavy atom. The van der Waals surface area contributed by atoms with Crippen LogP contribution in [0.1, 0.15) is 44.6 Å². The number of ether oxygens (including phenoxy) is 1. The van der Waals surface area contributed by atoms with Crippen LogP contribution in [-0.2, 0) is 16.6 Å². The molecule has 2 fully saturated rings. The number of sulfonamides is 1. The molecule has 2 aromatic carbocycles. The van der Waals surface area contributed by atoms with Crippen molar-refractivity contribution in [1.82, 2.24) is 9.21 Å². The van der Waals surface area contributed by atoms with E-state index in [0.717, 1.165) is 43.8 Å². The Morgan fingerprint density at radius 2 is 1.74 bits per heavy atom. The summed E-state index contributed by atoms with van der Waals surface area (Å²) in [6, 6.07) is 17.3. The second kappa shape index (κ2) is 9.72. The van der Waals surface area contributed by atoms with Gasteiger partial charge in [-0.05, 0) is 68.8 Å². The van der Waals surface area contributed by atoms with E-state index in [9.17, 15) is 8.42 Å². The van der Waals surface area contributed by atoms with E-state index in [1.165, 1.54) is 12.8 Å². The van der Waals surface area contributed by atoms with Crippen LogP contribution in [0.2, 0.25) is 0 Å². The molecule has 2 atom stereocenters. The Bertz CT molecular complexity index is 956. The van der Waals surface area contributed by atoms with Gasteiger partial charge < -0.3 is 9.64 Å². The first-order chi connectivity index (χ1) is 14.9. The standard InChI is InChI=1S/C25H34N2O3S/c1-20-13-15-27(16-14-20)23-12-11-22(17-23)26(2)31(28,29)25-10-6-9-24(18-25)30-19-21-7-4-3-5-8-21/h3-10,18,20,22-23H,11-17,19H2,1-2H3/t22-,23+/m1/s1. The molecule has 168 valence electrons. The fraction of sp³-hybridized carbons (Fsp3) is 0.520. The molecule has 5 nitrogen and oxygen atoms in total. The predicted molar refractivity (Wildman–Crippen MR) is 124 cm³/mol. The Morgan fingerprint density at radius 1 is 1.00 bits per heavy atom. The van der Waals surface area contributed by atoms with E-state index in [1.54, 1.807) is 29.6 Å². The predicted octanol–water partition coefficient (Wildman–Crippen LogP) is 4.54. The Labute approximate surface area is 187 Å².